The van der Waals surface area contributed by atoms with E-state index in [0.717, 1.165) is 33.2 Å². The van der Waals surface area contributed by atoms with Crippen LogP contribution in [-0.4, -0.2) is 15.1 Å². The van der Waals surface area contributed by atoms with Crippen LogP contribution in [0.5, 0.6) is 5.75 Å². The molecular formula is C18H13Cl2N3O. The van der Waals surface area contributed by atoms with Crippen LogP contribution in [0.3, 0.4) is 0 Å². The third kappa shape index (κ3) is 2.94. The number of nitrogens with one attached hydrogen (secondary N) is 1. The maximum Gasteiger partial charge on any atom is 0.118 e. The topological polar surface area (TPSA) is 58.0 Å². The first-order valence-corrected chi connectivity index (χ1v) is 7.47. The van der Waals surface area contributed by atoms with Gasteiger partial charge in [0.1, 0.15) is 5.75 Å². The van der Waals surface area contributed by atoms with Gasteiger partial charge in [0.2, 0.25) is 0 Å². The van der Waals surface area contributed by atoms with E-state index in [4.69, 9.17) is 11.6 Å². The molecule has 0 aliphatic carbocycles. The van der Waals surface area contributed by atoms with Crippen LogP contribution in [0.4, 0.5) is 11.4 Å². The molecule has 0 aliphatic rings. The Labute approximate surface area is 149 Å². The first-order chi connectivity index (χ1) is 11.2. The van der Waals surface area contributed by atoms with Gasteiger partial charge in [0.15, 0.2) is 0 Å². The van der Waals surface area contributed by atoms with Gasteiger partial charge in [0, 0.05) is 39.9 Å². The summed E-state index contributed by atoms with van der Waals surface area (Å²) < 4.78 is 0. The highest BCUT2D eigenvalue weighted by molar-refractivity contribution is 6.31. The second kappa shape index (κ2) is 6.51. The summed E-state index contributed by atoms with van der Waals surface area (Å²) >= 11 is 6.03. The van der Waals surface area contributed by atoms with Crippen molar-refractivity contribution < 1.29 is 5.11 Å². The minimum absolute atomic E-state index is 0. The number of nitrogens with zero attached hydrogens (tertiary/aromatic N) is 2. The number of phenols is 1. The number of pyridine rings is 2. The van der Waals surface area contributed by atoms with Gasteiger partial charge in [0.25, 0.3) is 0 Å². The molecule has 0 saturated heterocycles. The molecule has 6 heteroatoms. The number of hydrogen-bond acceptors (Lipinski definition) is 4. The van der Waals surface area contributed by atoms with Gasteiger partial charge in [-0.2, -0.15) is 0 Å². The smallest absolute Gasteiger partial charge is 0.118 e. The monoisotopic (exact) mass is 357 g/mol. The van der Waals surface area contributed by atoms with E-state index in [1.807, 2.05) is 36.4 Å². The van der Waals surface area contributed by atoms with Crippen molar-refractivity contribution in [1.29, 1.82) is 0 Å². The van der Waals surface area contributed by atoms with E-state index in [0.29, 0.717) is 5.02 Å². The van der Waals surface area contributed by atoms with E-state index in [2.05, 4.69) is 15.3 Å². The highest BCUT2D eigenvalue weighted by Gasteiger charge is 2.08. The number of aromatic nitrogens is 2. The van der Waals surface area contributed by atoms with Crippen LogP contribution in [-0.2, 0) is 0 Å². The molecule has 4 aromatic rings. The Hall–Kier alpha value is -2.56. The molecule has 0 bridgehead atoms. The van der Waals surface area contributed by atoms with Crippen LogP contribution in [0.25, 0.3) is 21.8 Å². The Bertz CT molecular complexity index is 1040. The van der Waals surface area contributed by atoms with Crippen molar-refractivity contribution in [2.45, 2.75) is 0 Å². The molecule has 120 valence electrons. The van der Waals surface area contributed by atoms with E-state index in [-0.39, 0.29) is 18.2 Å². The van der Waals surface area contributed by atoms with Crippen molar-refractivity contribution >= 4 is 57.2 Å². The Balaban J connectivity index is 0.00000169. The molecule has 0 amide bonds. The molecule has 2 N–H and O–H groups in total. The molecule has 0 saturated carbocycles. The fourth-order valence-electron chi connectivity index (χ4n) is 2.65. The summed E-state index contributed by atoms with van der Waals surface area (Å²) in [4.78, 5) is 8.74. The lowest BCUT2D eigenvalue weighted by molar-refractivity contribution is 0.476. The van der Waals surface area contributed by atoms with E-state index in [1.165, 1.54) is 0 Å². The minimum Gasteiger partial charge on any atom is -0.508 e. The summed E-state index contributed by atoms with van der Waals surface area (Å²) in [6.45, 7) is 0. The Morgan fingerprint density at radius 2 is 1.79 bits per heavy atom. The molecule has 2 heterocycles. The fraction of sp³-hybridized carbons (Fsp3) is 0. The fourth-order valence-corrected chi connectivity index (χ4v) is 2.81. The van der Waals surface area contributed by atoms with Gasteiger partial charge in [0.05, 0.1) is 16.7 Å². The third-order valence-corrected chi connectivity index (χ3v) is 3.90. The normalized spacial score (nSPS) is 10.5. The van der Waals surface area contributed by atoms with Crippen molar-refractivity contribution in [1.82, 2.24) is 9.97 Å². The van der Waals surface area contributed by atoms with Crippen molar-refractivity contribution in [3.8, 4) is 5.75 Å². The summed E-state index contributed by atoms with van der Waals surface area (Å²) in [5, 5.41) is 15.8. The average Bonchev–Trinajstić information content (AvgIpc) is 2.54. The van der Waals surface area contributed by atoms with Gasteiger partial charge in [-0.15, -0.1) is 12.4 Å². The van der Waals surface area contributed by atoms with E-state index >= 15 is 0 Å². The Kier molecular flexibility index (Phi) is 4.42. The van der Waals surface area contributed by atoms with Crippen LogP contribution in [0.15, 0.2) is 60.9 Å². The maximum absolute atomic E-state index is 9.94. The predicted molar refractivity (Wildman–Crippen MR) is 101 cm³/mol. The number of anilines is 2. The zero-order valence-corrected chi connectivity index (χ0v) is 14.0. The summed E-state index contributed by atoms with van der Waals surface area (Å²) in [5.41, 5.74) is 3.22. The SMILES string of the molecule is Cl.Oc1cc(Nc2ccnc3cc(Cl)ccc23)c2ncccc2c1. The molecule has 4 nitrogen and oxygen atoms in total. The van der Waals surface area contributed by atoms with Gasteiger partial charge >= 0.3 is 0 Å². The Morgan fingerprint density at radius 1 is 0.917 bits per heavy atom. The molecule has 4 rings (SSSR count). The maximum atomic E-state index is 9.94. The number of benzene rings is 2. The molecule has 2 aromatic carbocycles. The number of halogens is 2. The van der Waals surface area contributed by atoms with Gasteiger partial charge in [-0.25, -0.2) is 0 Å². The molecule has 0 spiro atoms. The molecule has 24 heavy (non-hydrogen) atoms. The zero-order chi connectivity index (χ0) is 15.8. The Morgan fingerprint density at radius 3 is 2.67 bits per heavy atom. The highest BCUT2D eigenvalue weighted by Crippen LogP contribution is 2.32. The van der Waals surface area contributed by atoms with Crippen LogP contribution in [0.2, 0.25) is 5.02 Å². The second-order valence-corrected chi connectivity index (χ2v) is 5.65. The zero-order valence-electron chi connectivity index (χ0n) is 12.4. The van der Waals surface area contributed by atoms with Crippen molar-refractivity contribution in [2.75, 3.05) is 5.32 Å². The second-order valence-electron chi connectivity index (χ2n) is 5.21. The summed E-state index contributed by atoms with van der Waals surface area (Å²) in [5.74, 6) is 0.189. The van der Waals surface area contributed by atoms with E-state index < -0.39 is 0 Å². The summed E-state index contributed by atoms with van der Waals surface area (Å²) in [7, 11) is 0. The third-order valence-electron chi connectivity index (χ3n) is 3.66. The molecule has 0 unspecified atom stereocenters. The van der Waals surface area contributed by atoms with Crippen LogP contribution in [0, 0.1) is 0 Å². The number of hydrogen-bond donors (Lipinski definition) is 2. The summed E-state index contributed by atoms with van der Waals surface area (Å²) in [6.07, 6.45) is 3.45. The average molecular weight is 358 g/mol. The molecule has 0 atom stereocenters. The van der Waals surface area contributed by atoms with Gasteiger partial charge in [-0.1, -0.05) is 17.7 Å². The first kappa shape index (κ1) is 16.3. The van der Waals surface area contributed by atoms with Crippen molar-refractivity contribution in [3.05, 3.63) is 65.9 Å². The number of rotatable bonds is 2. The van der Waals surface area contributed by atoms with Crippen molar-refractivity contribution in [2.24, 2.45) is 0 Å². The van der Waals surface area contributed by atoms with E-state index in [1.54, 1.807) is 24.5 Å². The van der Waals surface area contributed by atoms with Gasteiger partial charge in [-0.3, -0.25) is 9.97 Å². The largest absolute Gasteiger partial charge is 0.508 e. The lowest BCUT2D eigenvalue weighted by Gasteiger charge is -2.12. The quantitative estimate of drug-likeness (QED) is 0.510. The van der Waals surface area contributed by atoms with Crippen LogP contribution in [0.1, 0.15) is 0 Å². The molecule has 0 fully saturated rings. The van der Waals surface area contributed by atoms with E-state index in [9.17, 15) is 5.11 Å². The lowest BCUT2D eigenvalue weighted by atomic mass is 10.1. The number of fused-ring (bicyclic) bond motifs is 2. The van der Waals surface area contributed by atoms with Gasteiger partial charge in [-0.05, 0) is 36.4 Å². The number of aromatic hydroxyl groups is 1. The highest BCUT2D eigenvalue weighted by atomic mass is 35.5. The van der Waals surface area contributed by atoms with Crippen molar-refractivity contribution in [3.63, 3.8) is 0 Å². The molecular weight excluding hydrogens is 345 g/mol. The van der Waals surface area contributed by atoms with Crippen LogP contribution < -0.4 is 5.32 Å². The lowest BCUT2D eigenvalue weighted by Crippen LogP contribution is -1.95. The molecule has 0 radical (unpaired) electrons. The molecule has 0 aliphatic heterocycles. The minimum atomic E-state index is 0. The molecule has 2 aromatic heterocycles. The summed E-state index contributed by atoms with van der Waals surface area (Å²) in [6, 6.07) is 14.6. The van der Waals surface area contributed by atoms with Gasteiger partial charge < -0.3 is 10.4 Å². The predicted octanol–water partition coefficient (Wildman–Crippen LogP) is 5.31. The number of phenolic OH excluding ortho intramolecular Hbond substituents is 1. The van der Waals surface area contributed by atoms with Crippen LogP contribution >= 0.6 is 24.0 Å². The first-order valence-electron chi connectivity index (χ1n) is 7.10. The standard InChI is InChI=1S/C18H12ClN3O.ClH/c19-12-3-4-14-15(5-7-20-16(14)9-12)22-17-10-13(23)8-11-2-1-6-21-18(11)17;/h1-10,23H,(H,20,22);1H.